The minimum Gasteiger partial charge on any atom is -0.328 e. The van der Waals surface area contributed by atoms with Gasteiger partial charge in [0.2, 0.25) is 0 Å². The van der Waals surface area contributed by atoms with Gasteiger partial charge in [-0.05, 0) is 31.2 Å². The lowest BCUT2D eigenvalue weighted by Crippen LogP contribution is -2.19. The summed E-state index contributed by atoms with van der Waals surface area (Å²) in [5.74, 6) is -0.238. The highest BCUT2D eigenvalue weighted by molar-refractivity contribution is 5.33. The number of hydrogen-bond acceptors (Lipinski definition) is 2. The van der Waals surface area contributed by atoms with Gasteiger partial charge in [-0.15, -0.1) is 0 Å². The van der Waals surface area contributed by atoms with Gasteiger partial charge in [0.05, 0.1) is 6.33 Å². The third kappa shape index (κ3) is 2.28. The van der Waals surface area contributed by atoms with Crippen LogP contribution in [0.25, 0.3) is 5.69 Å². The highest BCUT2D eigenvalue weighted by Crippen LogP contribution is 2.13. The summed E-state index contributed by atoms with van der Waals surface area (Å²) >= 11 is 0. The predicted molar refractivity (Wildman–Crippen MR) is 60.9 cm³/mol. The van der Waals surface area contributed by atoms with Crippen molar-refractivity contribution in [1.82, 2.24) is 9.55 Å². The topological polar surface area (TPSA) is 43.8 Å². The van der Waals surface area contributed by atoms with Crippen LogP contribution in [0.4, 0.5) is 4.39 Å². The van der Waals surface area contributed by atoms with E-state index >= 15 is 0 Å². The molecule has 0 aliphatic carbocycles. The lowest BCUT2D eigenvalue weighted by atomic mass is 10.2. The Balaban J connectivity index is 2.33. The van der Waals surface area contributed by atoms with Crippen LogP contribution >= 0.6 is 0 Å². The van der Waals surface area contributed by atoms with Crippen molar-refractivity contribution >= 4 is 0 Å². The number of imidazole rings is 1. The van der Waals surface area contributed by atoms with E-state index in [2.05, 4.69) is 4.98 Å². The molecule has 1 atom stereocenters. The Labute approximate surface area is 93.7 Å². The summed E-state index contributed by atoms with van der Waals surface area (Å²) in [6.45, 7) is 1.95. The maximum atomic E-state index is 12.8. The molecule has 1 unspecified atom stereocenters. The molecule has 0 saturated carbocycles. The van der Waals surface area contributed by atoms with Gasteiger partial charge >= 0.3 is 0 Å². The van der Waals surface area contributed by atoms with Gasteiger partial charge in [0.25, 0.3) is 0 Å². The lowest BCUT2D eigenvalue weighted by Gasteiger charge is -2.09. The second-order valence-electron chi connectivity index (χ2n) is 3.91. The average Bonchev–Trinajstić information content (AvgIpc) is 2.66. The summed E-state index contributed by atoms with van der Waals surface area (Å²) in [7, 11) is 0. The molecule has 0 amide bonds. The van der Waals surface area contributed by atoms with Crippen LogP contribution in [0, 0.1) is 5.82 Å². The van der Waals surface area contributed by atoms with Gasteiger partial charge < -0.3 is 10.3 Å². The largest absolute Gasteiger partial charge is 0.328 e. The summed E-state index contributed by atoms with van der Waals surface area (Å²) in [6.07, 6.45) is 4.25. The standard InChI is InChI=1S/C12H14FN3/c1-9(14)6-12-7-15-8-16(12)11-4-2-10(13)3-5-11/h2-5,7-9H,6,14H2,1H3. The molecule has 0 radical (unpaired) electrons. The fourth-order valence-electron chi connectivity index (χ4n) is 1.64. The van der Waals surface area contributed by atoms with Crippen LogP contribution in [0.1, 0.15) is 12.6 Å². The van der Waals surface area contributed by atoms with Crippen molar-refractivity contribution in [2.24, 2.45) is 5.73 Å². The number of nitrogens with two attached hydrogens (primary N) is 1. The van der Waals surface area contributed by atoms with Gasteiger partial charge in [0.15, 0.2) is 0 Å². The molecule has 0 aliphatic heterocycles. The number of aromatic nitrogens is 2. The molecule has 0 aliphatic rings. The van der Waals surface area contributed by atoms with E-state index in [-0.39, 0.29) is 11.9 Å². The van der Waals surface area contributed by atoms with Gasteiger partial charge in [-0.3, -0.25) is 0 Å². The van der Waals surface area contributed by atoms with Crippen molar-refractivity contribution in [2.45, 2.75) is 19.4 Å². The molecular formula is C12H14FN3. The van der Waals surface area contributed by atoms with Crippen LogP contribution in [0.15, 0.2) is 36.8 Å². The average molecular weight is 219 g/mol. The van der Waals surface area contributed by atoms with E-state index < -0.39 is 0 Å². The van der Waals surface area contributed by atoms with E-state index in [4.69, 9.17) is 5.73 Å². The SMILES string of the molecule is CC(N)Cc1cncn1-c1ccc(F)cc1. The van der Waals surface area contributed by atoms with Gasteiger partial charge in [-0.1, -0.05) is 0 Å². The fraction of sp³-hybridized carbons (Fsp3) is 0.250. The van der Waals surface area contributed by atoms with E-state index in [1.807, 2.05) is 11.5 Å². The molecule has 2 aromatic rings. The molecule has 84 valence electrons. The Kier molecular flexibility index (Phi) is 3.01. The number of hydrogen-bond donors (Lipinski definition) is 1. The molecule has 1 aromatic heterocycles. The predicted octanol–water partition coefficient (Wildman–Crippen LogP) is 1.90. The van der Waals surface area contributed by atoms with E-state index in [0.29, 0.717) is 0 Å². The van der Waals surface area contributed by atoms with Gasteiger partial charge in [-0.2, -0.15) is 0 Å². The maximum absolute atomic E-state index is 12.8. The van der Waals surface area contributed by atoms with Crippen LogP contribution in [0.3, 0.4) is 0 Å². The number of nitrogens with zero attached hydrogens (tertiary/aromatic N) is 2. The minimum atomic E-state index is -0.238. The fourth-order valence-corrected chi connectivity index (χ4v) is 1.64. The molecule has 1 aromatic carbocycles. The molecule has 2 rings (SSSR count). The molecule has 1 heterocycles. The van der Waals surface area contributed by atoms with Crippen molar-refractivity contribution in [3.63, 3.8) is 0 Å². The molecule has 4 heteroatoms. The molecule has 3 nitrogen and oxygen atoms in total. The Morgan fingerprint density at radius 1 is 1.38 bits per heavy atom. The third-order valence-electron chi connectivity index (χ3n) is 2.35. The summed E-state index contributed by atoms with van der Waals surface area (Å²) in [5.41, 5.74) is 7.68. The zero-order chi connectivity index (χ0) is 11.5. The Morgan fingerprint density at radius 2 is 2.06 bits per heavy atom. The van der Waals surface area contributed by atoms with E-state index in [1.165, 1.54) is 12.1 Å². The van der Waals surface area contributed by atoms with Crippen LogP contribution in [0.2, 0.25) is 0 Å². The number of benzene rings is 1. The summed E-state index contributed by atoms with van der Waals surface area (Å²) in [5, 5.41) is 0. The molecule has 0 spiro atoms. The summed E-state index contributed by atoms with van der Waals surface area (Å²) < 4.78 is 14.7. The quantitative estimate of drug-likeness (QED) is 0.856. The third-order valence-corrected chi connectivity index (χ3v) is 2.35. The van der Waals surface area contributed by atoms with Crippen LogP contribution in [-0.2, 0) is 6.42 Å². The van der Waals surface area contributed by atoms with Crippen molar-refractivity contribution in [2.75, 3.05) is 0 Å². The van der Waals surface area contributed by atoms with Gasteiger partial charge in [-0.25, -0.2) is 9.37 Å². The molecule has 0 fully saturated rings. The van der Waals surface area contributed by atoms with E-state index in [1.54, 1.807) is 24.7 Å². The summed E-state index contributed by atoms with van der Waals surface area (Å²) in [4.78, 5) is 4.09. The smallest absolute Gasteiger partial charge is 0.123 e. The highest BCUT2D eigenvalue weighted by Gasteiger charge is 2.06. The number of rotatable bonds is 3. The molecule has 0 bridgehead atoms. The monoisotopic (exact) mass is 219 g/mol. The first-order chi connectivity index (χ1) is 7.66. The van der Waals surface area contributed by atoms with Crippen LogP contribution in [0.5, 0.6) is 0 Å². The zero-order valence-corrected chi connectivity index (χ0v) is 9.10. The van der Waals surface area contributed by atoms with Crippen molar-refractivity contribution in [3.05, 3.63) is 48.3 Å². The van der Waals surface area contributed by atoms with Gasteiger partial charge in [0.1, 0.15) is 5.82 Å². The van der Waals surface area contributed by atoms with Crippen molar-refractivity contribution in [1.29, 1.82) is 0 Å². The van der Waals surface area contributed by atoms with Crippen molar-refractivity contribution in [3.8, 4) is 5.69 Å². The second-order valence-corrected chi connectivity index (χ2v) is 3.91. The van der Waals surface area contributed by atoms with Gasteiger partial charge in [0, 0.05) is 30.0 Å². The van der Waals surface area contributed by atoms with Crippen molar-refractivity contribution < 1.29 is 4.39 Å². The van der Waals surface area contributed by atoms with Crippen LogP contribution < -0.4 is 5.73 Å². The Hall–Kier alpha value is -1.68. The molecule has 16 heavy (non-hydrogen) atoms. The Morgan fingerprint density at radius 3 is 2.69 bits per heavy atom. The molecule has 2 N–H and O–H groups in total. The Bertz CT molecular complexity index is 459. The highest BCUT2D eigenvalue weighted by atomic mass is 19.1. The molecule has 0 saturated heterocycles. The first-order valence-corrected chi connectivity index (χ1v) is 5.19. The second kappa shape index (κ2) is 4.45. The van der Waals surface area contributed by atoms with E-state index in [0.717, 1.165) is 17.8 Å². The lowest BCUT2D eigenvalue weighted by molar-refractivity contribution is 0.627. The first-order valence-electron chi connectivity index (χ1n) is 5.19. The summed E-state index contributed by atoms with van der Waals surface area (Å²) in [6, 6.07) is 6.40. The zero-order valence-electron chi connectivity index (χ0n) is 9.10. The first kappa shape index (κ1) is 10.8. The minimum absolute atomic E-state index is 0.0795. The maximum Gasteiger partial charge on any atom is 0.123 e. The van der Waals surface area contributed by atoms with E-state index in [9.17, 15) is 4.39 Å². The number of halogens is 1. The van der Waals surface area contributed by atoms with Crippen LogP contribution in [-0.4, -0.2) is 15.6 Å². The molecular weight excluding hydrogens is 205 g/mol. The normalized spacial score (nSPS) is 12.7.